The summed E-state index contributed by atoms with van der Waals surface area (Å²) in [6, 6.07) is 8.61. The summed E-state index contributed by atoms with van der Waals surface area (Å²) in [4.78, 5) is 43.7. The molecule has 7 heteroatoms. The van der Waals surface area contributed by atoms with Crippen molar-refractivity contribution < 1.29 is 14.4 Å². The second-order valence-corrected chi connectivity index (χ2v) is 8.97. The zero-order valence-electron chi connectivity index (χ0n) is 17.2. The van der Waals surface area contributed by atoms with Crippen molar-refractivity contribution >= 4 is 39.2 Å². The van der Waals surface area contributed by atoms with E-state index in [2.05, 4.69) is 40.1 Å². The second-order valence-electron chi connectivity index (χ2n) is 8.06. The molecule has 2 aromatic rings. The number of rotatable bonds is 6. The summed E-state index contributed by atoms with van der Waals surface area (Å²) >= 11 is 3.42. The van der Waals surface area contributed by atoms with E-state index in [0.29, 0.717) is 41.7 Å². The van der Waals surface area contributed by atoms with Gasteiger partial charge >= 0.3 is 0 Å². The molecule has 1 aromatic carbocycles. The van der Waals surface area contributed by atoms with Crippen molar-refractivity contribution in [1.29, 1.82) is 0 Å². The van der Waals surface area contributed by atoms with Crippen molar-refractivity contribution in [3.8, 4) is 0 Å². The molecule has 2 amide bonds. The standard InChI is InChI=1S/C23H26BrN3O3/c1-15-10-16(2)14-27(13-15)23(30)19-11-18(24)5-6-20(19)26-22(29)8-7-21(28)17-4-3-9-25-12-17/h3-6,9,11-12,15-16H,7-8,10,13-14H2,1-2H3,(H,26,29)/t15-,16+. The summed E-state index contributed by atoms with van der Waals surface area (Å²) in [5.41, 5.74) is 1.41. The van der Waals surface area contributed by atoms with Gasteiger partial charge < -0.3 is 10.2 Å². The number of amides is 2. The van der Waals surface area contributed by atoms with Crippen molar-refractivity contribution in [2.45, 2.75) is 33.1 Å². The molecular formula is C23H26BrN3O3. The van der Waals surface area contributed by atoms with Crippen LogP contribution in [0.15, 0.2) is 47.2 Å². The van der Waals surface area contributed by atoms with Gasteiger partial charge in [0.2, 0.25) is 5.91 Å². The van der Waals surface area contributed by atoms with Crippen LogP contribution < -0.4 is 5.32 Å². The van der Waals surface area contributed by atoms with Gasteiger partial charge in [0.05, 0.1) is 11.3 Å². The van der Waals surface area contributed by atoms with Gasteiger partial charge in [-0.25, -0.2) is 0 Å². The molecule has 1 aliphatic heterocycles. The fourth-order valence-corrected chi connectivity index (χ4v) is 4.27. The SMILES string of the molecule is C[C@@H]1C[C@H](C)CN(C(=O)c2cc(Br)ccc2NC(=O)CCC(=O)c2cccnc2)C1. The zero-order valence-corrected chi connectivity index (χ0v) is 18.8. The van der Waals surface area contributed by atoms with Crippen molar-refractivity contribution in [3.63, 3.8) is 0 Å². The molecule has 1 fully saturated rings. The molecule has 0 bridgehead atoms. The van der Waals surface area contributed by atoms with Gasteiger partial charge in [0, 0.05) is 48.4 Å². The van der Waals surface area contributed by atoms with Crippen LogP contribution in [0.2, 0.25) is 0 Å². The van der Waals surface area contributed by atoms with Gasteiger partial charge in [0.1, 0.15) is 0 Å². The molecule has 2 atom stereocenters. The Kier molecular flexibility index (Phi) is 7.37. The Morgan fingerprint density at radius 3 is 2.53 bits per heavy atom. The minimum Gasteiger partial charge on any atom is -0.338 e. The molecule has 0 saturated carbocycles. The number of benzene rings is 1. The van der Waals surface area contributed by atoms with E-state index in [1.165, 1.54) is 6.20 Å². The van der Waals surface area contributed by atoms with Gasteiger partial charge in [-0.3, -0.25) is 19.4 Å². The number of aromatic nitrogens is 1. The third-order valence-electron chi connectivity index (χ3n) is 5.20. The lowest BCUT2D eigenvalue weighted by atomic mass is 9.91. The Morgan fingerprint density at radius 1 is 1.13 bits per heavy atom. The quantitative estimate of drug-likeness (QED) is 0.625. The molecule has 0 spiro atoms. The Bertz CT molecular complexity index is 923. The molecule has 30 heavy (non-hydrogen) atoms. The second kappa shape index (κ2) is 9.98. The fraction of sp³-hybridized carbons (Fsp3) is 0.391. The lowest BCUT2D eigenvalue weighted by Gasteiger charge is -2.35. The number of ketones is 1. The highest BCUT2D eigenvalue weighted by atomic mass is 79.9. The minimum absolute atomic E-state index is 0.0369. The first-order chi connectivity index (χ1) is 14.3. The van der Waals surface area contributed by atoms with E-state index >= 15 is 0 Å². The number of hydrogen-bond donors (Lipinski definition) is 1. The highest BCUT2D eigenvalue weighted by Crippen LogP contribution is 2.27. The van der Waals surface area contributed by atoms with Crippen LogP contribution in [0.3, 0.4) is 0 Å². The smallest absolute Gasteiger partial charge is 0.256 e. The van der Waals surface area contributed by atoms with Crippen molar-refractivity contribution in [3.05, 3.63) is 58.3 Å². The fourth-order valence-electron chi connectivity index (χ4n) is 3.91. The van der Waals surface area contributed by atoms with Crippen LogP contribution in [0.25, 0.3) is 0 Å². The Labute approximate surface area is 185 Å². The number of carbonyl (C=O) groups is 3. The summed E-state index contributed by atoms with van der Waals surface area (Å²) < 4.78 is 0.772. The van der Waals surface area contributed by atoms with E-state index in [1.54, 1.807) is 36.5 Å². The molecule has 1 aliphatic rings. The number of nitrogens with one attached hydrogen (secondary N) is 1. The number of piperidine rings is 1. The average molecular weight is 472 g/mol. The molecule has 1 saturated heterocycles. The molecule has 158 valence electrons. The van der Waals surface area contributed by atoms with Gasteiger partial charge in [-0.1, -0.05) is 29.8 Å². The predicted octanol–water partition coefficient (Wildman–Crippen LogP) is 4.56. The van der Waals surface area contributed by atoms with Crippen LogP contribution in [-0.2, 0) is 4.79 Å². The van der Waals surface area contributed by atoms with E-state index in [9.17, 15) is 14.4 Å². The molecule has 0 aliphatic carbocycles. The van der Waals surface area contributed by atoms with Gasteiger partial charge in [0.15, 0.2) is 5.78 Å². The summed E-state index contributed by atoms with van der Waals surface area (Å²) in [5, 5.41) is 2.81. The lowest BCUT2D eigenvalue weighted by Crippen LogP contribution is -2.42. The van der Waals surface area contributed by atoms with Gasteiger partial charge in [-0.05, 0) is 48.6 Å². The van der Waals surface area contributed by atoms with Crippen molar-refractivity contribution in [2.75, 3.05) is 18.4 Å². The normalized spacial score (nSPS) is 18.7. The molecular weight excluding hydrogens is 446 g/mol. The number of halogens is 1. The topological polar surface area (TPSA) is 79.4 Å². The van der Waals surface area contributed by atoms with Crippen LogP contribution in [0.5, 0.6) is 0 Å². The van der Waals surface area contributed by atoms with Gasteiger partial charge in [0.25, 0.3) is 5.91 Å². The van der Waals surface area contributed by atoms with Crippen molar-refractivity contribution in [2.24, 2.45) is 11.8 Å². The van der Waals surface area contributed by atoms with Crippen LogP contribution in [-0.4, -0.2) is 40.6 Å². The number of pyridine rings is 1. The molecule has 0 unspecified atom stereocenters. The maximum absolute atomic E-state index is 13.2. The number of carbonyl (C=O) groups excluding carboxylic acids is 3. The number of Topliss-reactive ketones (excluding diaryl/α,β-unsaturated/α-hetero) is 1. The van der Waals surface area contributed by atoms with Crippen LogP contribution in [0, 0.1) is 11.8 Å². The summed E-state index contributed by atoms with van der Waals surface area (Å²) in [6.45, 7) is 5.73. The van der Waals surface area contributed by atoms with E-state index in [0.717, 1.165) is 10.9 Å². The lowest BCUT2D eigenvalue weighted by molar-refractivity contribution is -0.116. The largest absolute Gasteiger partial charge is 0.338 e. The van der Waals surface area contributed by atoms with E-state index in [-0.39, 0.29) is 30.4 Å². The van der Waals surface area contributed by atoms with E-state index < -0.39 is 0 Å². The molecule has 0 radical (unpaired) electrons. The maximum atomic E-state index is 13.2. The first kappa shape index (κ1) is 22.2. The monoisotopic (exact) mass is 471 g/mol. The Balaban J connectivity index is 1.68. The maximum Gasteiger partial charge on any atom is 0.256 e. The molecule has 2 heterocycles. The predicted molar refractivity (Wildman–Crippen MR) is 119 cm³/mol. The average Bonchev–Trinajstić information content (AvgIpc) is 2.72. The Morgan fingerprint density at radius 2 is 1.87 bits per heavy atom. The molecule has 3 rings (SSSR count). The number of nitrogens with zero attached hydrogens (tertiary/aromatic N) is 2. The number of hydrogen-bond acceptors (Lipinski definition) is 4. The van der Waals surface area contributed by atoms with Crippen molar-refractivity contribution in [1.82, 2.24) is 9.88 Å². The number of likely N-dealkylation sites (tertiary alicyclic amines) is 1. The first-order valence-corrected chi connectivity index (χ1v) is 10.9. The Hall–Kier alpha value is -2.54. The summed E-state index contributed by atoms with van der Waals surface area (Å²) in [5.74, 6) is 0.366. The van der Waals surface area contributed by atoms with Gasteiger partial charge in [-0.15, -0.1) is 0 Å². The third kappa shape index (κ3) is 5.75. The molecule has 1 N–H and O–H groups in total. The minimum atomic E-state index is -0.302. The number of anilines is 1. The van der Waals surface area contributed by atoms with E-state index in [1.807, 2.05) is 4.90 Å². The zero-order chi connectivity index (χ0) is 21.7. The summed E-state index contributed by atoms with van der Waals surface area (Å²) in [6.07, 6.45) is 4.32. The highest BCUT2D eigenvalue weighted by molar-refractivity contribution is 9.10. The first-order valence-electron chi connectivity index (χ1n) is 10.2. The molecule has 1 aromatic heterocycles. The third-order valence-corrected chi connectivity index (χ3v) is 5.70. The van der Waals surface area contributed by atoms with E-state index in [4.69, 9.17) is 0 Å². The molecule has 6 nitrogen and oxygen atoms in total. The highest BCUT2D eigenvalue weighted by Gasteiger charge is 2.28. The van der Waals surface area contributed by atoms with Gasteiger partial charge in [-0.2, -0.15) is 0 Å². The van der Waals surface area contributed by atoms with Crippen LogP contribution in [0.1, 0.15) is 53.8 Å². The van der Waals surface area contributed by atoms with Crippen LogP contribution >= 0.6 is 15.9 Å². The summed E-state index contributed by atoms with van der Waals surface area (Å²) in [7, 11) is 0. The van der Waals surface area contributed by atoms with Crippen LogP contribution in [0.4, 0.5) is 5.69 Å².